The van der Waals surface area contributed by atoms with Gasteiger partial charge in [-0.05, 0) is 48.6 Å². The molecule has 188 valence electrons. The van der Waals surface area contributed by atoms with Gasteiger partial charge < -0.3 is 4.90 Å². The lowest BCUT2D eigenvalue weighted by Gasteiger charge is -2.41. The number of carbonyl (C=O) groups is 1. The molecule has 2 aliphatic heterocycles. The Morgan fingerprint density at radius 3 is 2.71 bits per heavy atom. The third-order valence-electron chi connectivity index (χ3n) is 6.81. The molecule has 6 rings (SSSR count). The number of hydrogen-bond acceptors (Lipinski definition) is 6. The molecule has 0 radical (unpaired) electrons. The molecule has 0 bridgehead atoms. The predicted octanol–water partition coefficient (Wildman–Crippen LogP) is 4.04. The third kappa shape index (κ3) is 3.36. The van der Waals surface area contributed by atoms with E-state index >= 15 is 0 Å². The van der Waals surface area contributed by atoms with Gasteiger partial charge in [0.2, 0.25) is 0 Å². The Morgan fingerprint density at radius 2 is 2.03 bits per heavy atom. The molecule has 2 aromatic heterocycles. The number of amides is 2. The van der Waals surface area contributed by atoms with E-state index in [1.807, 2.05) is 12.1 Å². The summed E-state index contributed by atoms with van der Waals surface area (Å²) < 4.78 is 43.6. The van der Waals surface area contributed by atoms with E-state index in [0.29, 0.717) is 17.0 Å². The Kier molecular flexibility index (Phi) is 5.06. The number of pyridine rings is 1. The van der Waals surface area contributed by atoms with Crippen LogP contribution in [0.5, 0.6) is 0 Å². The summed E-state index contributed by atoms with van der Waals surface area (Å²) in [6.45, 7) is 0. The molecular weight excluding hydrogens is 497 g/mol. The second-order valence-corrected chi connectivity index (χ2v) is 8.85. The topological polar surface area (TPSA) is 103 Å². The number of nitriles is 1. The van der Waals surface area contributed by atoms with Crippen molar-refractivity contribution in [1.29, 1.82) is 5.26 Å². The number of alkyl halides is 3. The molecule has 2 atom stereocenters. The highest BCUT2D eigenvalue weighted by Gasteiger charge is 2.58. The molecule has 4 heterocycles. The predicted molar refractivity (Wildman–Crippen MR) is 130 cm³/mol. The molecule has 3 aliphatic rings. The van der Waals surface area contributed by atoms with Crippen LogP contribution < -0.4 is 4.90 Å². The van der Waals surface area contributed by atoms with E-state index in [0.717, 1.165) is 17.1 Å². The number of halogens is 3. The van der Waals surface area contributed by atoms with Gasteiger partial charge in [-0.2, -0.15) is 23.5 Å². The van der Waals surface area contributed by atoms with E-state index in [1.54, 1.807) is 43.5 Å². The molecule has 1 aliphatic carbocycles. The SMILES string of the molecule is CN1C(=O)N(c2ccc(-n3cncn3)c(C(F)(F)F)c2)C23C=CC(c4ccc(C#N)nc4)=NC2=CC=CC13. The number of rotatable bonds is 3. The minimum absolute atomic E-state index is 0.0603. The highest BCUT2D eigenvalue weighted by atomic mass is 19.4. The van der Waals surface area contributed by atoms with Crippen LogP contribution >= 0.6 is 0 Å². The lowest BCUT2D eigenvalue weighted by molar-refractivity contribution is -0.137. The van der Waals surface area contributed by atoms with Gasteiger partial charge in [-0.1, -0.05) is 12.2 Å². The van der Waals surface area contributed by atoms with Crippen molar-refractivity contribution in [1.82, 2.24) is 24.6 Å². The summed E-state index contributed by atoms with van der Waals surface area (Å²) in [6, 6.07) is 7.95. The van der Waals surface area contributed by atoms with Gasteiger partial charge in [0, 0.05) is 24.5 Å². The van der Waals surface area contributed by atoms with Crippen molar-refractivity contribution in [3.8, 4) is 11.8 Å². The molecule has 2 unspecified atom stereocenters. The first-order chi connectivity index (χ1) is 18.2. The highest BCUT2D eigenvalue weighted by molar-refractivity contribution is 6.11. The van der Waals surface area contributed by atoms with Crippen LogP contribution in [0.15, 0.2) is 90.3 Å². The Balaban J connectivity index is 1.48. The number of aromatic nitrogens is 4. The number of carbonyl (C=O) groups excluding carboxylic acids is 1. The van der Waals surface area contributed by atoms with E-state index < -0.39 is 29.4 Å². The van der Waals surface area contributed by atoms with Gasteiger partial charge in [0.25, 0.3) is 0 Å². The lowest BCUT2D eigenvalue weighted by atomic mass is 9.80. The van der Waals surface area contributed by atoms with Crippen LogP contribution in [0.25, 0.3) is 5.69 Å². The van der Waals surface area contributed by atoms with Gasteiger partial charge in [-0.15, -0.1) is 0 Å². The molecule has 12 heteroatoms. The van der Waals surface area contributed by atoms with Crippen molar-refractivity contribution in [3.05, 3.63) is 102 Å². The van der Waals surface area contributed by atoms with Gasteiger partial charge in [0.1, 0.15) is 30.0 Å². The second kappa shape index (κ2) is 8.24. The normalized spacial score (nSPS) is 22.1. The first-order valence-corrected chi connectivity index (χ1v) is 11.4. The molecule has 0 saturated carbocycles. The summed E-state index contributed by atoms with van der Waals surface area (Å²) in [5.74, 6) is 0. The van der Waals surface area contributed by atoms with Crippen molar-refractivity contribution in [2.45, 2.75) is 17.8 Å². The first-order valence-electron chi connectivity index (χ1n) is 11.4. The van der Waals surface area contributed by atoms with Gasteiger partial charge in [0.15, 0.2) is 0 Å². The molecule has 2 amide bonds. The summed E-state index contributed by atoms with van der Waals surface area (Å²) in [7, 11) is 1.61. The van der Waals surface area contributed by atoms with Gasteiger partial charge in [-0.25, -0.2) is 24.4 Å². The first kappa shape index (κ1) is 23.4. The van der Waals surface area contributed by atoms with E-state index in [9.17, 15) is 18.0 Å². The van der Waals surface area contributed by atoms with Gasteiger partial charge in [0.05, 0.1) is 28.7 Å². The van der Waals surface area contributed by atoms with Crippen molar-refractivity contribution in [2.24, 2.45) is 4.99 Å². The summed E-state index contributed by atoms with van der Waals surface area (Å²) in [4.78, 5) is 29.0. The molecule has 1 saturated heterocycles. The zero-order valence-electron chi connectivity index (χ0n) is 19.7. The maximum atomic E-state index is 14.2. The molecule has 1 aromatic carbocycles. The molecule has 3 aromatic rings. The standard InChI is InChI=1S/C26H17F3N8O/c1-35-23-4-2-3-22-25(23,10-9-20(34-22)16-5-6-17(12-30)32-13-16)37(24(35)38)18-7-8-21(36-15-31-14-33-36)19(11-18)26(27,28)29/h2-11,13-15,23H,1H3. The van der Waals surface area contributed by atoms with Crippen LogP contribution in [-0.4, -0.2) is 55.0 Å². The summed E-state index contributed by atoms with van der Waals surface area (Å²) in [5, 5.41) is 12.9. The number of aliphatic imine (C=N–C) groups is 1. The number of hydrogen-bond donors (Lipinski definition) is 0. The number of anilines is 1. The Bertz CT molecular complexity index is 1610. The Labute approximate surface area is 214 Å². The van der Waals surface area contributed by atoms with Crippen LogP contribution in [0.1, 0.15) is 16.8 Å². The van der Waals surface area contributed by atoms with Crippen molar-refractivity contribution >= 4 is 17.4 Å². The average molecular weight is 514 g/mol. The number of urea groups is 1. The Hall–Kier alpha value is -5.05. The third-order valence-corrected chi connectivity index (χ3v) is 6.81. The fourth-order valence-corrected chi connectivity index (χ4v) is 5.07. The lowest BCUT2D eigenvalue weighted by Crippen LogP contribution is -2.53. The highest BCUT2D eigenvalue weighted by Crippen LogP contribution is 2.48. The fraction of sp³-hybridized carbons (Fsp3) is 0.154. The molecule has 38 heavy (non-hydrogen) atoms. The molecule has 1 spiro atoms. The van der Waals surface area contributed by atoms with E-state index in [1.165, 1.54) is 34.5 Å². The number of nitrogens with zero attached hydrogens (tertiary/aromatic N) is 8. The Morgan fingerprint density at radius 1 is 1.18 bits per heavy atom. The van der Waals surface area contributed by atoms with Crippen LogP contribution in [0, 0.1) is 11.3 Å². The van der Waals surface area contributed by atoms with Crippen LogP contribution in [0.4, 0.5) is 23.7 Å². The van der Waals surface area contributed by atoms with Gasteiger partial charge >= 0.3 is 12.2 Å². The van der Waals surface area contributed by atoms with E-state index in [4.69, 9.17) is 10.3 Å². The smallest absolute Gasteiger partial charge is 0.318 e. The van der Waals surface area contributed by atoms with Gasteiger partial charge in [-0.3, -0.25) is 4.90 Å². The number of benzene rings is 1. The van der Waals surface area contributed by atoms with E-state index in [2.05, 4.69) is 15.1 Å². The summed E-state index contributed by atoms with van der Waals surface area (Å²) in [5.41, 5.74) is -0.338. The largest absolute Gasteiger partial charge is 0.418 e. The zero-order chi connectivity index (χ0) is 26.7. The van der Waals surface area contributed by atoms with Crippen molar-refractivity contribution in [2.75, 3.05) is 11.9 Å². The van der Waals surface area contributed by atoms with Crippen molar-refractivity contribution < 1.29 is 18.0 Å². The minimum atomic E-state index is -4.72. The average Bonchev–Trinajstić information content (AvgIpc) is 3.53. The quantitative estimate of drug-likeness (QED) is 0.525. The van der Waals surface area contributed by atoms with Crippen molar-refractivity contribution in [3.63, 3.8) is 0 Å². The zero-order valence-corrected chi connectivity index (χ0v) is 19.7. The summed E-state index contributed by atoms with van der Waals surface area (Å²) >= 11 is 0. The molecule has 9 nitrogen and oxygen atoms in total. The molecule has 0 N–H and O–H groups in total. The fourth-order valence-electron chi connectivity index (χ4n) is 5.07. The monoisotopic (exact) mass is 514 g/mol. The van der Waals surface area contributed by atoms with Crippen LogP contribution in [0.3, 0.4) is 0 Å². The second-order valence-electron chi connectivity index (χ2n) is 8.85. The van der Waals surface area contributed by atoms with Crippen LogP contribution in [0.2, 0.25) is 0 Å². The molecule has 1 fully saturated rings. The number of allylic oxidation sites excluding steroid dienone is 3. The maximum absolute atomic E-state index is 14.2. The summed E-state index contributed by atoms with van der Waals surface area (Å²) in [6.07, 6.45) is 7.98. The number of likely N-dealkylation sites (N-methyl/N-ethyl adjacent to an activating group) is 1. The molecular formula is C26H17F3N8O. The van der Waals surface area contributed by atoms with E-state index in [-0.39, 0.29) is 17.1 Å². The maximum Gasteiger partial charge on any atom is 0.418 e. The number of dihydropyridines is 1. The minimum Gasteiger partial charge on any atom is -0.318 e. The van der Waals surface area contributed by atoms with Crippen LogP contribution in [-0.2, 0) is 6.18 Å².